The number of pyridine rings is 1. The number of aromatic amines is 1. The largest absolute Gasteiger partial charge is 0.379 e. The predicted molar refractivity (Wildman–Crippen MR) is 183 cm³/mol. The molecule has 2 aromatic carbocycles. The quantitative estimate of drug-likeness (QED) is 0.281. The third-order valence-electron chi connectivity index (χ3n) is 9.54. The van der Waals surface area contributed by atoms with Crippen molar-refractivity contribution in [2.75, 3.05) is 38.3 Å². The number of benzene rings is 2. The zero-order valence-corrected chi connectivity index (χ0v) is 28.0. The Morgan fingerprint density at radius 3 is 2.33 bits per heavy atom. The fourth-order valence-electron chi connectivity index (χ4n) is 6.95. The molecule has 3 aromatic rings. The first-order valence-corrected chi connectivity index (χ1v) is 16.6. The summed E-state index contributed by atoms with van der Waals surface area (Å²) >= 11 is 0. The maximum Gasteiger partial charge on any atom is 0.253 e. The Bertz CT molecular complexity index is 1520. The number of aromatic nitrogens is 1. The van der Waals surface area contributed by atoms with E-state index in [1.807, 2.05) is 32.9 Å². The average molecular weight is 614 g/mol. The van der Waals surface area contributed by atoms with E-state index in [0.717, 1.165) is 92.2 Å². The fraction of sp³-hybridized carbons (Fsp3) is 0.514. The van der Waals surface area contributed by atoms with Gasteiger partial charge in [0.2, 0.25) is 0 Å². The maximum atomic E-state index is 13.8. The third kappa shape index (κ3) is 8.23. The van der Waals surface area contributed by atoms with Crippen LogP contribution in [0.25, 0.3) is 11.1 Å². The lowest BCUT2D eigenvalue weighted by molar-refractivity contribution is 0.0342. The first-order chi connectivity index (χ1) is 21.6. The van der Waals surface area contributed by atoms with Crippen LogP contribution in [0.2, 0.25) is 0 Å². The number of hydrogen-bond acceptors (Lipinski definition) is 6. The number of nitrogens with zero attached hydrogens (tertiary/aromatic N) is 2. The molecule has 0 radical (unpaired) electrons. The van der Waals surface area contributed by atoms with Crippen LogP contribution in [0.5, 0.6) is 0 Å². The summed E-state index contributed by atoms with van der Waals surface area (Å²) in [4.78, 5) is 34.1. The summed E-state index contributed by atoms with van der Waals surface area (Å²) in [6.07, 6.45) is 4.51. The van der Waals surface area contributed by atoms with Crippen molar-refractivity contribution in [1.82, 2.24) is 20.5 Å². The van der Waals surface area contributed by atoms with Gasteiger partial charge in [0.25, 0.3) is 11.5 Å². The molecule has 0 bridgehead atoms. The number of H-pyrrole nitrogens is 1. The molecule has 242 valence electrons. The molecule has 8 heteroatoms. The molecule has 2 aliphatic rings. The molecule has 1 amide bonds. The monoisotopic (exact) mass is 613 g/mol. The molecule has 1 aromatic heterocycles. The molecule has 3 N–H and O–H groups in total. The summed E-state index contributed by atoms with van der Waals surface area (Å²) in [6, 6.07) is 16.4. The number of anilines is 1. The maximum absolute atomic E-state index is 13.8. The number of ether oxygens (including phenoxy) is 1. The molecular weight excluding hydrogens is 562 g/mol. The van der Waals surface area contributed by atoms with Gasteiger partial charge in [0.05, 0.1) is 13.2 Å². The fourth-order valence-corrected chi connectivity index (χ4v) is 6.95. The van der Waals surface area contributed by atoms with Crippen LogP contribution in [0.15, 0.2) is 47.3 Å². The summed E-state index contributed by atoms with van der Waals surface area (Å²) in [5.41, 5.74) is 8.18. The van der Waals surface area contributed by atoms with Crippen LogP contribution in [0.4, 0.5) is 5.69 Å². The molecule has 1 saturated carbocycles. The average Bonchev–Trinajstić information content (AvgIpc) is 3.01. The Hall–Kier alpha value is -3.46. The molecule has 1 saturated heterocycles. The van der Waals surface area contributed by atoms with Crippen molar-refractivity contribution in [2.45, 2.75) is 91.5 Å². The van der Waals surface area contributed by atoms with Crippen LogP contribution in [0, 0.1) is 20.8 Å². The van der Waals surface area contributed by atoms with Gasteiger partial charge < -0.3 is 25.3 Å². The van der Waals surface area contributed by atoms with E-state index in [1.54, 1.807) is 0 Å². The van der Waals surface area contributed by atoms with E-state index >= 15 is 0 Å². The number of aryl methyl sites for hydroxylation is 2. The SMILES string of the molecule is Cc1cc(C)c(CNC(=O)c2cc(-c3ccc(CN4CCOCC4)cc3)cc(N(C)[C@H]3CC[C@@H](NC(C)C)CC3)c2C)c(=O)[nH]1. The van der Waals surface area contributed by atoms with Gasteiger partial charge in [0, 0.05) is 73.9 Å². The highest BCUT2D eigenvalue weighted by molar-refractivity contribution is 5.99. The minimum absolute atomic E-state index is 0.154. The van der Waals surface area contributed by atoms with Crippen LogP contribution in [0.1, 0.15) is 77.8 Å². The molecule has 45 heavy (non-hydrogen) atoms. The molecule has 2 heterocycles. The molecular formula is C37H51N5O3. The lowest BCUT2D eigenvalue weighted by Crippen LogP contribution is -2.43. The summed E-state index contributed by atoms with van der Waals surface area (Å²) in [7, 11) is 2.18. The predicted octanol–water partition coefficient (Wildman–Crippen LogP) is 5.47. The van der Waals surface area contributed by atoms with Crippen molar-refractivity contribution < 1.29 is 9.53 Å². The summed E-state index contributed by atoms with van der Waals surface area (Å²) in [6.45, 7) is 14.8. The molecule has 1 aliphatic heterocycles. The summed E-state index contributed by atoms with van der Waals surface area (Å²) in [5.74, 6) is -0.169. The highest BCUT2D eigenvalue weighted by Crippen LogP contribution is 2.34. The van der Waals surface area contributed by atoms with E-state index in [9.17, 15) is 9.59 Å². The van der Waals surface area contributed by atoms with Crippen LogP contribution < -0.4 is 21.1 Å². The second-order valence-corrected chi connectivity index (χ2v) is 13.3. The van der Waals surface area contributed by atoms with Gasteiger partial charge in [-0.25, -0.2) is 0 Å². The molecule has 0 unspecified atom stereocenters. The smallest absolute Gasteiger partial charge is 0.253 e. The second-order valence-electron chi connectivity index (χ2n) is 13.3. The summed E-state index contributed by atoms with van der Waals surface area (Å²) < 4.78 is 5.51. The van der Waals surface area contributed by atoms with Gasteiger partial charge >= 0.3 is 0 Å². The Morgan fingerprint density at radius 1 is 1.00 bits per heavy atom. The van der Waals surface area contributed by atoms with Gasteiger partial charge in [-0.3, -0.25) is 14.5 Å². The Balaban J connectivity index is 1.42. The zero-order chi connectivity index (χ0) is 32.1. The number of carbonyl (C=O) groups is 1. The van der Waals surface area contributed by atoms with E-state index in [2.05, 4.69) is 76.6 Å². The van der Waals surface area contributed by atoms with Gasteiger partial charge in [0.1, 0.15) is 0 Å². The first-order valence-electron chi connectivity index (χ1n) is 16.6. The Morgan fingerprint density at radius 2 is 1.69 bits per heavy atom. The Kier molecular flexibility index (Phi) is 10.8. The van der Waals surface area contributed by atoms with Crippen LogP contribution >= 0.6 is 0 Å². The van der Waals surface area contributed by atoms with E-state index < -0.39 is 0 Å². The number of carbonyl (C=O) groups excluding carboxylic acids is 1. The molecule has 0 atom stereocenters. The van der Waals surface area contributed by atoms with Gasteiger partial charge in [-0.2, -0.15) is 0 Å². The Labute approximate surface area is 268 Å². The normalized spacial score (nSPS) is 19.1. The number of hydrogen-bond donors (Lipinski definition) is 3. The highest BCUT2D eigenvalue weighted by atomic mass is 16.5. The number of morpholine rings is 1. The molecule has 0 spiro atoms. The third-order valence-corrected chi connectivity index (χ3v) is 9.54. The standard InChI is InChI=1S/C37H51N5O3/c1-24(2)39-31-11-13-32(14-12-31)41(6)35-21-30(29-9-7-28(8-10-29)23-42-15-17-45-18-16-42)20-33(27(35)5)36(43)38-22-34-25(3)19-26(4)40-37(34)44/h7-10,19-21,24,31-32,39H,11-18,22-23H2,1-6H3,(H,38,43)(H,40,44)/t31-,32+. The minimum Gasteiger partial charge on any atom is -0.379 e. The van der Waals surface area contributed by atoms with E-state index in [0.29, 0.717) is 29.3 Å². The lowest BCUT2D eigenvalue weighted by Gasteiger charge is -2.38. The van der Waals surface area contributed by atoms with Crippen molar-refractivity contribution in [3.05, 3.63) is 86.3 Å². The van der Waals surface area contributed by atoms with Crippen LogP contribution in [-0.4, -0.2) is 67.3 Å². The van der Waals surface area contributed by atoms with E-state index in [1.165, 1.54) is 5.56 Å². The summed E-state index contributed by atoms with van der Waals surface area (Å²) in [5, 5.41) is 6.77. The van der Waals surface area contributed by atoms with Crippen LogP contribution in [0.3, 0.4) is 0 Å². The van der Waals surface area contributed by atoms with Gasteiger partial charge in [-0.1, -0.05) is 38.1 Å². The number of nitrogens with one attached hydrogen (secondary N) is 3. The van der Waals surface area contributed by atoms with E-state index in [4.69, 9.17) is 4.74 Å². The van der Waals surface area contributed by atoms with Gasteiger partial charge in [-0.05, 0) is 92.5 Å². The van der Waals surface area contributed by atoms with E-state index in [-0.39, 0.29) is 18.0 Å². The molecule has 8 nitrogen and oxygen atoms in total. The zero-order valence-electron chi connectivity index (χ0n) is 28.0. The van der Waals surface area contributed by atoms with Crippen LogP contribution in [-0.2, 0) is 17.8 Å². The second kappa shape index (κ2) is 14.8. The lowest BCUT2D eigenvalue weighted by atomic mass is 9.88. The topological polar surface area (TPSA) is 89.7 Å². The highest BCUT2D eigenvalue weighted by Gasteiger charge is 2.27. The van der Waals surface area contributed by atoms with Crippen molar-refractivity contribution >= 4 is 11.6 Å². The van der Waals surface area contributed by atoms with Gasteiger partial charge in [0.15, 0.2) is 0 Å². The van der Waals surface area contributed by atoms with Crippen molar-refractivity contribution in [3.63, 3.8) is 0 Å². The van der Waals surface area contributed by atoms with Crippen molar-refractivity contribution in [3.8, 4) is 11.1 Å². The minimum atomic E-state index is -0.169. The van der Waals surface area contributed by atoms with Crippen molar-refractivity contribution in [1.29, 1.82) is 0 Å². The number of rotatable bonds is 10. The van der Waals surface area contributed by atoms with Gasteiger partial charge in [-0.15, -0.1) is 0 Å². The first kappa shape index (κ1) is 32.9. The molecule has 2 fully saturated rings. The van der Waals surface area contributed by atoms with Crippen molar-refractivity contribution in [2.24, 2.45) is 0 Å². The molecule has 5 rings (SSSR count). The molecule has 1 aliphatic carbocycles. The number of amides is 1.